The lowest BCUT2D eigenvalue weighted by atomic mass is 10.1. The first-order chi connectivity index (χ1) is 6.70. The van der Waals surface area contributed by atoms with E-state index in [0.29, 0.717) is 0 Å². The highest BCUT2D eigenvalue weighted by Crippen LogP contribution is 2.20. The largest absolute Gasteiger partial charge is 0.425 e. The van der Waals surface area contributed by atoms with E-state index in [1.54, 1.807) is 6.29 Å². The van der Waals surface area contributed by atoms with E-state index < -0.39 is 5.97 Å². The molecule has 5 heteroatoms. The van der Waals surface area contributed by atoms with Crippen molar-refractivity contribution < 1.29 is 19.1 Å². The van der Waals surface area contributed by atoms with Crippen molar-refractivity contribution in [1.29, 1.82) is 0 Å². The van der Waals surface area contributed by atoms with Gasteiger partial charge >= 0.3 is 12.4 Å². The second-order valence-corrected chi connectivity index (χ2v) is 3.04. The maximum Gasteiger partial charge on any atom is 0.425 e. The van der Waals surface area contributed by atoms with Crippen molar-refractivity contribution >= 4 is 34.7 Å². The number of hydrogen-bond acceptors (Lipinski definition) is 4. The van der Waals surface area contributed by atoms with Gasteiger partial charge in [0.25, 0.3) is 0 Å². The van der Waals surface area contributed by atoms with E-state index >= 15 is 0 Å². The molecule has 1 aromatic carbocycles. The molecule has 14 heavy (non-hydrogen) atoms. The summed E-state index contributed by atoms with van der Waals surface area (Å²) in [5.41, 5.74) is 0.263. The highest BCUT2D eigenvalue weighted by atomic mass is 79.9. The van der Waals surface area contributed by atoms with E-state index in [-0.39, 0.29) is 15.6 Å². The number of esters is 1. The lowest BCUT2D eigenvalue weighted by Crippen LogP contribution is -2.05. The average Bonchev–Trinajstić information content (AvgIpc) is 2.18. The molecular formula is C9H3BrO4. The van der Waals surface area contributed by atoms with Crippen LogP contribution < -0.4 is 0 Å². The molecule has 0 spiro atoms. The van der Waals surface area contributed by atoms with Crippen LogP contribution in [0.15, 0.2) is 22.7 Å². The van der Waals surface area contributed by atoms with Crippen LogP contribution in [0.3, 0.4) is 0 Å². The number of carbonyl (C=O) groups is 1. The summed E-state index contributed by atoms with van der Waals surface area (Å²) in [7, 11) is 0. The van der Waals surface area contributed by atoms with Gasteiger partial charge in [0.15, 0.2) is 0 Å². The molecule has 0 aliphatic heterocycles. The fraction of sp³-hybridized carbons (Fsp3) is 0. The molecule has 0 heterocycles. The summed E-state index contributed by atoms with van der Waals surface area (Å²) in [6.07, 6.45) is 1.63. The molecule has 0 saturated heterocycles. The Bertz CT molecular complexity index is 386. The molecule has 2 radical (unpaired) electrons. The zero-order valence-corrected chi connectivity index (χ0v) is 8.33. The number of hydrogen-bond donors (Lipinski definition) is 0. The SMILES string of the molecule is O=[C]OC(=O)c1cccc([C]=O)c1Br. The topological polar surface area (TPSA) is 60.4 Å². The van der Waals surface area contributed by atoms with Gasteiger partial charge < -0.3 is 4.74 Å². The molecule has 0 aliphatic rings. The summed E-state index contributed by atoms with van der Waals surface area (Å²) in [5, 5.41) is 0. The van der Waals surface area contributed by atoms with Crippen molar-refractivity contribution in [2.75, 3.05) is 0 Å². The van der Waals surface area contributed by atoms with Gasteiger partial charge in [-0.1, -0.05) is 6.07 Å². The van der Waals surface area contributed by atoms with E-state index in [1.807, 2.05) is 0 Å². The lowest BCUT2D eigenvalue weighted by molar-refractivity contribution is 0.0709. The van der Waals surface area contributed by atoms with Crippen molar-refractivity contribution in [3.05, 3.63) is 33.8 Å². The molecule has 0 fully saturated rings. The number of benzene rings is 1. The summed E-state index contributed by atoms with van der Waals surface area (Å²) >= 11 is 3.02. The van der Waals surface area contributed by atoms with Gasteiger partial charge in [0.05, 0.1) is 5.56 Å². The summed E-state index contributed by atoms with van der Waals surface area (Å²) < 4.78 is 4.25. The fourth-order valence-electron chi connectivity index (χ4n) is 0.861. The van der Waals surface area contributed by atoms with Crippen molar-refractivity contribution in [2.45, 2.75) is 0 Å². The Balaban J connectivity index is 3.15. The maximum atomic E-state index is 11.1. The lowest BCUT2D eigenvalue weighted by Gasteiger charge is -2.01. The summed E-state index contributed by atoms with van der Waals surface area (Å²) in [6, 6.07) is 4.36. The first-order valence-electron chi connectivity index (χ1n) is 3.45. The van der Waals surface area contributed by atoms with Crippen LogP contribution >= 0.6 is 15.9 Å². The molecule has 1 aromatic rings. The highest BCUT2D eigenvalue weighted by molar-refractivity contribution is 9.10. The molecule has 0 saturated carbocycles. The molecule has 0 amide bonds. The minimum Gasteiger partial charge on any atom is -0.381 e. The van der Waals surface area contributed by atoms with Crippen LogP contribution in [-0.2, 0) is 14.3 Å². The molecule has 0 aliphatic carbocycles. The van der Waals surface area contributed by atoms with E-state index in [2.05, 4.69) is 20.7 Å². The highest BCUT2D eigenvalue weighted by Gasteiger charge is 2.14. The average molecular weight is 255 g/mol. The fourth-order valence-corrected chi connectivity index (χ4v) is 1.37. The van der Waals surface area contributed by atoms with Crippen LogP contribution in [0, 0.1) is 0 Å². The van der Waals surface area contributed by atoms with Crippen LogP contribution in [-0.4, -0.2) is 18.7 Å². The standard InChI is InChI=1S/C9H3BrO4/c10-8-6(4-11)2-1-3-7(8)9(13)14-5-12/h1-3H. The molecule has 70 valence electrons. The Morgan fingerprint density at radius 1 is 1.36 bits per heavy atom. The number of carbonyl (C=O) groups excluding carboxylic acids is 3. The van der Waals surface area contributed by atoms with Crippen molar-refractivity contribution in [1.82, 2.24) is 0 Å². The molecule has 0 N–H and O–H groups in total. The van der Waals surface area contributed by atoms with Gasteiger partial charge in [-0.2, -0.15) is 0 Å². The third kappa shape index (κ3) is 2.05. The monoisotopic (exact) mass is 254 g/mol. The molecule has 0 aromatic heterocycles. The Labute approximate surface area is 88.0 Å². The Morgan fingerprint density at radius 2 is 2.07 bits per heavy atom. The van der Waals surface area contributed by atoms with Crippen LogP contribution in [0.5, 0.6) is 0 Å². The first-order valence-corrected chi connectivity index (χ1v) is 4.25. The van der Waals surface area contributed by atoms with Crippen molar-refractivity contribution in [3.63, 3.8) is 0 Å². The second kappa shape index (κ2) is 4.66. The van der Waals surface area contributed by atoms with Gasteiger partial charge in [-0.15, -0.1) is 0 Å². The van der Waals surface area contributed by atoms with Crippen molar-refractivity contribution in [2.24, 2.45) is 0 Å². The van der Waals surface area contributed by atoms with Crippen LogP contribution in [0.25, 0.3) is 0 Å². The normalized spacial score (nSPS) is 9.21. The van der Waals surface area contributed by atoms with E-state index in [1.165, 1.54) is 18.2 Å². The Kier molecular flexibility index (Phi) is 3.53. The van der Waals surface area contributed by atoms with Gasteiger partial charge in [-0.25, -0.2) is 9.59 Å². The molecule has 4 nitrogen and oxygen atoms in total. The van der Waals surface area contributed by atoms with Gasteiger partial charge in [0, 0.05) is 10.0 Å². The predicted octanol–water partition coefficient (Wildman–Crippen LogP) is 1.13. The van der Waals surface area contributed by atoms with Gasteiger partial charge in [-0.3, -0.25) is 4.79 Å². The third-order valence-electron chi connectivity index (χ3n) is 1.46. The first kappa shape index (κ1) is 10.6. The van der Waals surface area contributed by atoms with Gasteiger partial charge in [0.2, 0.25) is 6.29 Å². The van der Waals surface area contributed by atoms with Crippen molar-refractivity contribution in [3.8, 4) is 0 Å². The zero-order valence-electron chi connectivity index (χ0n) is 6.74. The third-order valence-corrected chi connectivity index (χ3v) is 2.32. The number of ether oxygens (including phenoxy) is 1. The van der Waals surface area contributed by atoms with E-state index in [4.69, 9.17) is 0 Å². The van der Waals surface area contributed by atoms with Gasteiger partial charge in [0.1, 0.15) is 0 Å². The second-order valence-electron chi connectivity index (χ2n) is 2.24. The van der Waals surface area contributed by atoms with Crippen LogP contribution in [0.2, 0.25) is 0 Å². The zero-order chi connectivity index (χ0) is 10.6. The molecule has 1 rings (SSSR count). The summed E-state index contributed by atoms with van der Waals surface area (Å²) in [5.74, 6) is -0.871. The summed E-state index contributed by atoms with van der Waals surface area (Å²) in [4.78, 5) is 31.3. The minimum atomic E-state index is -0.871. The number of halogens is 1. The minimum absolute atomic E-state index is 0.0780. The summed E-state index contributed by atoms with van der Waals surface area (Å²) in [6.45, 7) is 1.01. The molecular weight excluding hydrogens is 252 g/mol. The quantitative estimate of drug-likeness (QED) is 0.600. The van der Waals surface area contributed by atoms with Crippen LogP contribution in [0.1, 0.15) is 15.9 Å². The van der Waals surface area contributed by atoms with Crippen LogP contribution in [0.4, 0.5) is 0 Å². The maximum absolute atomic E-state index is 11.1. The molecule has 0 atom stereocenters. The van der Waals surface area contributed by atoms with E-state index in [9.17, 15) is 14.4 Å². The smallest absolute Gasteiger partial charge is 0.381 e. The molecule has 0 unspecified atom stereocenters. The molecule has 0 bridgehead atoms. The Morgan fingerprint density at radius 3 is 2.64 bits per heavy atom. The van der Waals surface area contributed by atoms with Gasteiger partial charge in [-0.05, 0) is 28.1 Å². The number of rotatable bonds is 3. The Hall–Kier alpha value is -1.49. The van der Waals surface area contributed by atoms with E-state index in [0.717, 1.165) is 6.47 Å². The predicted molar refractivity (Wildman–Crippen MR) is 50.0 cm³/mol.